The van der Waals surface area contributed by atoms with E-state index in [1.54, 1.807) is 12.9 Å². The molecule has 0 aliphatic heterocycles. The van der Waals surface area contributed by atoms with Gasteiger partial charge >= 0.3 is 158 Å². The molecule has 0 fully saturated rings. The molecule has 0 saturated heterocycles. The van der Waals surface area contributed by atoms with Crippen molar-refractivity contribution in [1.82, 2.24) is 3.38 Å². The molecule has 5 heteroatoms. The smallest absolute Gasteiger partial charge is 0.147 e. The summed E-state index contributed by atoms with van der Waals surface area (Å²) in [7, 11) is -0.450. The maximum Gasteiger partial charge on any atom is -0.147 e. The van der Waals surface area contributed by atoms with Crippen LogP contribution in [0.2, 0.25) is 0 Å². The Balaban J connectivity index is 0.00000182. The molecular formula is C22H29Cl2NSiTi. The minimum atomic E-state index is -2.59. The van der Waals surface area contributed by atoms with Crippen LogP contribution in [0.3, 0.4) is 0 Å². The molecule has 1 nitrogen and oxygen atoms in total. The van der Waals surface area contributed by atoms with E-state index in [2.05, 4.69) is 95.5 Å². The number of rotatable bonds is 9. The van der Waals surface area contributed by atoms with Crippen LogP contribution in [-0.2, 0) is 16.1 Å². The molecule has 2 aliphatic rings. The molecule has 144 valence electrons. The van der Waals surface area contributed by atoms with Crippen molar-refractivity contribution in [2.75, 3.05) is 13.1 Å². The van der Waals surface area contributed by atoms with Gasteiger partial charge in [0.15, 0.2) is 0 Å². The molecule has 2 aliphatic carbocycles. The quantitative estimate of drug-likeness (QED) is 0.387. The van der Waals surface area contributed by atoms with Crippen LogP contribution in [0.5, 0.6) is 0 Å². The van der Waals surface area contributed by atoms with E-state index in [-0.39, 0.29) is 24.8 Å². The van der Waals surface area contributed by atoms with Crippen LogP contribution < -0.4 is 5.19 Å². The molecule has 0 amide bonds. The maximum atomic E-state index is 4.06. The molecule has 3 rings (SSSR count). The van der Waals surface area contributed by atoms with E-state index in [1.165, 1.54) is 0 Å². The van der Waals surface area contributed by atoms with Crippen molar-refractivity contribution in [3.8, 4) is 0 Å². The first-order chi connectivity index (χ1) is 12.3. The summed E-state index contributed by atoms with van der Waals surface area (Å²) in [5.41, 5.74) is 0. The van der Waals surface area contributed by atoms with Crippen molar-refractivity contribution >= 4 is 37.4 Å². The number of hydrogen-bond donors (Lipinski definition) is 0. The van der Waals surface area contributed by atoms with Gasteiger partial charge in [-0.25, -0.2) is 0 Å². The second kappa shape index (κ2) is 11.9. The number of hydrogen-bond acceptors (Lipinski definition) is 1. The van der Waals surface area contributed by atoms with Gasteiger partial charge in [0.05, 0.1) is 0 Å². The zero-order chi connectivity index (χ0) is 17.5. The summed E-state index contributed by atoms with van der Waals surface area (Å²) in [4.78, 5) is 0. The van der Waals surface area contributed by atoms with Crippen LogP contribution in [0.25, 0.3) is 0 Å². The van der Waals surface area contributed by atoms with Crippen LogP contribution in [0, 0.1) is 0 Å². The summed E-state index contributed by atoms with van der Waals surface area (Å²) < 4.78 is 6.21. The molecule has 0 aromatic heterocycles. The van der Waals surface area contributed by atoms with E-state index in [4.69, 9.17) is 0 Å². The summed E-state index contributed by atoms with van der Waals surface area (Å²) >= 11 is -2.59. The van der Waals surface area contributed by atoms with Gasteiger partial charge in [0.25, 0.3) is 0 Å². The minimum Gasteiger partial charge on any atom is -0.147 e. The average Bonchev–Trinajstić information content (AvgIpc) is 3.34. The third kappa shape index (κ3) is 5.35. The van der Waals surface area contributed by atoms with Crippen molar-refractivity contribution in [2.24, 2.45) is 0 Å². The molecule has 27 heavy (non-hydrogen) atoms. The summed E-state index contributed by atoms with van der Waals surface area (Å²) in [6, 6.07) is 11.2. The molecule has 0 N–H and O–H groups in total. The Morgan fingerprint density at radius 3 is 1.81 bits per heavy atom. The number of halogens is 2. The first kappa shape index (κ1) is 24.2. The van der Waals surface area contributed by atoms with Gasteiger partial charge in [-0.1, -0.05) is 0 Å². The molecule has 0 unspecified atom stereocenters. The topological polar surface area (TPSA) is 3.24 Å². The second-order valence-electron chi connectivity index (χ2n) is 6.65. The van der Waals surface area contributed by atoms with Crippen LogP contribution in [0.4, 0.5) is 0 Å². The second-order valence-corrected chi connectivity index (χ2v) is 19.4. The van der Waals surface area contributed by atoms with Crippen molar-refractivity contribution < 1.29 is 16.1 Å². The van der Waals surface area contributed by atoms with Crippen molar-refractivity contribution in [3.63, 3.8) is 0 Å². The molecule has 0 spiro atoms. The van der Waals surface area contributed by atoms with E-state index in [9.17, 15) is 0 Å². The van der Waals surface area contributed by atoms with Crippen LogP contribution in [0.1, 0.15) is 12.8 Å². The Kier molecular flexibility index (Phi) is 10.6. The zero-order valence-corrected chi connectivity index (χ0v) is 20.3. The molecule has 0 radical (unpaired) electrons. The maximum absolute atomic E-state index is 4.06. The number of benzene rings is 1. The SMILES string of the molecule is C=CC[N](CC=C)[Ti]([SiH2]c1ccccc1)([C]1=CC=CC1)[C]1=CC=CC1.Cl.Cl. The third-order valence-electron chi connectivity index (χ3n) is 5.15. The standard InChI is InChI=1S/C6H10N.C6H7Si.2C5H5.2ClH.Ti/c1-3-5-7-6-4-2;7-6-4-2-1-3-5-6;2*1-2-4-5-3-1;;;/h3-4H,1-2,5-6H2;1-5H,7H2;2*1-3H,4H2;2*1H;/q-1;;;;;;+1. The average molecular weight is 454 g/mol. The van der Waals surface area contributed by atoms with E-state index in [0.717, 1.165) is 25.9 Å². The van der Waals surface area contributed by atoms with Crippen LogP contribution in [0.15, 0.2) is 99.9 Å². The summed E-state index contributed by atoms with van der Waals surface area (Å²) in [5.74, 6) is 0. The Hall–Kier alpha value is -0.869. The van der Waals surface area contributed by atoms with Crippen LogP contribution in [-0.4, -0.2) is 23.9 Å². The van der Waals surface area contributed by atoms with Crippen molar-refractivity contribution in [1.29, 1.82) is 0 Å². The van der Waals surface area contributed by atoms with E-state index in [1.807, 2.05) is 0 Å². The minimum absolute atomic E-state index is 0. The van der Waals surface area contributed by atoms with Crippen LogP contribution >= 0.6 is 24.8 Å². The molecule has 0 bridgehead atoms. The number of nitrogens with zero attached hydrogens (tertiary/aromatic N) is 1. The molecule has 0 heterocycles. The molecular weight excluding hydrogens is 425 g/mol. The van der Waals surface area contributed by atoms with Gasteiger partial charge in [-0.05, 0) is 0 Å². The Morgan fingerprint density at radius 1 is 0.889 bits per heavy atom. The predicted molar refractivity (Wildman–Crippen MR) is 125 cm³/mol. The summed E-state index contributed by atoms with van der Waals surface area (Å²) in [6.07, 6.45) is 20.4. The first-order valence-electron chi connectivity index (χ1n) is 9.04. The van der Waals surface area contributed by atoms with E-state index in [0.29, 0.717) is 0 Å². The summed E-state index contributed by atoms with van der Waals surface area (Å²) in [5, 5.41) is 1.58. The van der Waals surface area contributed by atoms with Gasteiger partial charge in [0.1, 0.15) is 0 Å². The third-order valence-corrected chi connectivity index (χ3v) is 23.2. The monoisotopic (exact) mass is 453 g/mol. The van der Waals surface area contributed by atoms with E-state index < -0.39 is 23.5 Å². The van der Waals surface area contributed by atoms with Gasteiger partial charge < -0.3 is 0 Å². The molecule has 0 saturated carbocycles. The fourth-order valence-electron chi connectivity index (χ4n) is 4.05. The normalized spacial score (nSPS) is 15.4. The van der Waals surface area contributed by atoms with Gasteiger partial charge in [-0.15, -0.1) is 24.8 Å². The number of allylic oxidation sites excluding steroid dienone is 8. The Bertz CT molecular complexity index is 713. The first-order valence-corrected chi connectivity index (χ1v) is 16.0. The fourth-order valence-corrected chi connectivity index (χ4v) is 22.0. The summed E-state index contributed by atoms with van der Waals surface area (Å²) in [6.45, 7) is 10.0. The van der Waals surface area contributed by atoms with Crippen molar-refractivity contribution in [2.45, 2.75) is 12.8 Å². The van der Waals surface area contributed by atoms with E-state index >= 15 is 0 Å². The fraction of sp³-hybridized carbons (Fsp3) is 0.182. The van der Waals surface area contributed by atoms with Gasteiger partial charge in [-0.2, -0.15) is 0 Å². The molecule has 0 atom stereocenters. The van der Waals surface area contributed by atoms with Gasteiger partial charge in [-0.3, -0.25) is 0 Å². The van der Waals surface area contributed by atoms with Gasteiger partial charge in [0.2, 0.25) is 0 Å². The van der Waals surface area contributed by atoms with Gasteiger partial charge in [0, 0.05) is 0 Å². The molecule has 1 aromatic carbocycles. The Morgan fingerprint density at radius 2 is 1.41 bits per heavy atom. The molecule has 1 aromatic rings. The predicted octanol–water partition coefficient (Wildman–Crippen LogP) is 4.67. The zero-order valence-electron chi connectivity index (χ0n) is 15.7. The van der Waals surface area contributed by atoms with Crippen molar-refractivity contribution in [3.05, 3.63) is 99.9 Å². The Labute approximate surface area is 181 Å². The largest absolute Gasteiger partial charge is 0.147 e.